The zero-order chi connectivity index (χ0) is 28.0. The molecule has 4 heterocycles. The molecule has 12 heteroatoms. The number of aromatic amines is 2. The number of hydrogen-bond donors (Lipinski definition) is 2. The van der Waals surface area contributed by atoms with E-state index < -0.39 is 0 Å². The minimum Gasteiger partial charge on any atom is -0.492 e. The maximum atomic E-state index is 13.4. The van der Waals surface area contributed by atoms with E-state index in [0.29, 0.717) is 34.6 Å². The predicted octanol–water partition coefficient (Wildman–Crippen LogP) is 4.28. The van der Waals surface area contributed by atoms with E-state index in [1.54, 1.807) is 4.90 Å². The van der Waals surface area contributed by atoms with Gasteiger partial charge in [0.2, 0.25) is 0 Å². The SMILES string of the molecule is O=C1/C(=C/c2cc(-c3ccc4[nH]ccc4c3)ccc2OCCN2CCOCC2)SC(=S)N1CCCCc1nn[nH]n1. The highest BCUT2D eigenvalue weighted by atomic mass is 32.2. The maximum Gasteiger partial charge on any atom is 0.266 e. The number of thioether (sulfide) groups is 1. The number of unbranched alkanes of at least 4 members (excludes halogenated alkanes) is 1. The van der Waals surface area contributed by atoms with Crippen molar-refractivity contribution in [2.75, 3.05) is 46.0 Å². The average molecular weight is 590 g/mol. The molecule has 0 aliphatic carbocycles. The molecule has 4 aromatic rings. The lowest BCUT2D eigenvalue weighted by molar-refractivity contribution is -0.122. The first-order valence-corrected chi connectivity index (χ1v) is 15.0. The van der Waals surface area contributed by atoms with Gasteiger partial charge in [-0.05, 0) is 65.8 Å². The maximum absolute atomic E-state index is 13.4. The first-order valence-electron chi connectivity index (χ1n) is 13.8. The van der Waals surface area contributed by atoms with Gasteiger partial charge in [0.05, 0.1) is 18.1 Å². The Morgan fingerprint density at radius 1 is 1.07 bits per heavy atom. The van der Waals surface area contributed by atoms with Crippen molar-refractivity contribution in [2.24, 2.45) is 0 Å². The number of carbonyl (C=O) groups is 1. The summed E-state index contributed by atoms with van der Waals surface area (Å²) in [5.74, 6) is 1.35. The summed E-state index contributed by atoms with van der Waals surface area (Å²) < 4.78 is 12.3. The molecule has 2 saturated heterocycles. The van der Waals surface area contributed by atoms with Gasteiger partial charge in [0.1, 0.15) is 16.7 Å². The number of carbonyl (C=O) groups excluding carboxylic acids is 1. The fourth-order valence-corrected chi connectivity index (χ4v) is 6.29. The molecule has 2 aromatic heterocycles. The van der Waals surface area contributed by atoms with Crippen molar-refractivity contribution < 1.29 is 14.3 Å². The largest absolute Gasteiger partial charge is 0.492 e. The third kappa shape index (κ3) is 6.67. The van der Waals surface area contributed by atoms with Crippen LogP contribution < -0.4 is 4.74 Å². The highest BCUT2D eigenvalue weighted by Crippen LogP contribution is 2.36. The van der Waals surface area contributed by atoms with Gasteiger partial charge in [0.15, 0.2) is 5.82 Å². The topological polar surface area (TPSA) is 112 Å². The molecular weight excluding hydrogens is 558 g/mol. The smallest absolute Gasteiger partial charge is 0.266 e. The van der Waals surface area contributed by atoms with Crippen LogP contribution in [0.15, 0.2) is 53.6 Å². The van der Waals surface area contributed by atoms with Crippen LogP contribution >= 0.6 is 24.0 Å². The lowest BCUT2D eigenvalue weighted by atomic mass is 10.0. The van der Waals surface area contributed by atoms with Gasteiger partial charge in [-0.25, -0.2) is 0 Å². The Labute approximate surface area is 247 Å². The third-order valence-electron chi connectivity index (χ3n) is 7.25. The number of aromatic nitrogens is 5. The highest BCUT2D eigenvalue weighted by molar-refractivity contribution is 8.26. The van der Waals surface area contributed by atoms with Gasteiger partial charge in [-0.1, -0.05) is 41.3 Å². The Balaban J connectivity index is 1.20. The molecule has 2 N–H and O–H groups in total. The van der Waals surface area contributed by atoms with E-state index in [4.69, 9.17) is 21.7 Å². The summed E-state index contributed by atoms with van der Waals surface area (Å²) in [5, 5.41) is 15.2. The van der Waals surface area contributed by atoms with E-state index in [0.717, 1.165) is 79.0 Å². The first kappa shape index (κ1) is 27.6. The Morgan fingerprint density at radius 2 is 1.93 bits per heavy atom. The van der Waals surface area contributed by atoms with E-state index in [9.17, 15) is 4.79 Å². The van der Waals surface area contributed by atoms with Crippen molar-refractivity contribution in [3.05, 3.63) is 65.0 Å². The molecule has 2 fully saturated rings. The van der Waals surface area contributed by atoms with Crippen LogP contribution in [0.2, 0.25) is 0 Å². The van der Waals surface area contributed by atoms with E-state index >= 15 is 0 Å². The van der Waals surface area contributed by atoms with Crippen molar-refractivity contribution in [1.82, 2.24) is 35.4 Å². The van der Waals surface area contributed by atoms with Crippen LogP contribution in [0, 0.1) is 0 Å². The van der Waals surface area contributed by atoms with Crippen molar-refractivity contribution in [3.8, 4) is 16.9 Å². The first-order chi connectivity index (χ1) is 20.1. The van der Waals surface area contributed by atoms with Crippen LogP contribution in [0.5, 0.6) is 5.75 Å². The summed E-state index contributed by atoms with van der Waals surface area (Å²) in [5.41, 5.74) is 4.10. The van der Waals surface area contributed by atoms with Gasteiger partial charge in [0.25, 0.3) is 5.91 Å². The summed E-state index contributed by atoms with van der Waals surface area (Å²) >= 11 is 6.93. The second-order valence-corrected chi connectivity index (χ2v) is 11.6. The molecule has 2 aliphatic rings. The minimum absolute atomic E-state index is 0.0713. The monoisotopic (exact) mass is 589 g/mol. The molecule has 0 spiro atoms. The van der Waals surface area contributed by atoms with Gasteiger partial charge >= 0.3 is 0 Å². The quantitative estimate of drug-likeness (QED) is 0.150. The molecule has 0 unspecified atom stereocenters. The summed E-state index contributed by atoms with van der Waals surface area (Å²) in [6, 6.07) is 14.6. The fraction of sp³-hybridized carbons (Fsp3) is 0.345. The second-order valence-electron chi connectivity index (χ2n) is 9.95. The number of nitrogens with one attached hydrogen (secondary N) is 2. The number of ether oxygens (including phenoxy) is 2. The molecule has 2 aliphatic heterocycles. The minimum atomic E-state index is -0.0713. The number of tetrazole rings is 1. The summed E-state index contributed by atoms with van der Waals surface area (Å²) in [7, 11) is 0. The van der Waals surface area contributed by atoms with Crippen molar-refractivity contribution >= 4 is 51.2 Å². The number of nitrogens with zero attached hydrogens (tertiary/aromatic N) is 5. The van der Waals surface area contributed by atoms with Crippen molar-refractivity contribution in [2.45, 2.75) is 19.3 Å². The number of thiocarbonyl (C=S) groups is 1. The Hall–Kier alpha value is -3.58. The normalized spacial score (nSPS) is 17.3. The lowest BCUT2D eigenvalue weighted by Gasteiger charge is -2.26. The standard InChI is InChI=1S/C29H31N7O3S2/c37-28-26(41-29(40)36(28)10-2-1-3-27-31-33-34-32-27)19-23-18-21(20-4-6-24-22(17-20)8-9-30-24)5-7-25(23)39-16-13-35-11-14-38-15-12-35/h4-9,17-19,30H,1-3,10-16H2,(H,31,32,33,34)/b26-19-. The van der Waals surface area contributed by atoms with Crippen LogP contribution in [0.25, 0.3) is 28.1 Å². The van der Waals surface area contributed by atoms with Gasteiger partial charge < -0.3 is 14.5 Å². The zero-order valence-electron chi connectivity index (χ0n) is 22.5. The summed E-state index contributed by atoms with van der Waals surface area (Å²) in [6.07, 6.45) is 6.19. The average Bonchev–Trinajstić information content (AvgIpc) is 3.74. The van der Waals surface area contributed by atoms with Crippen LogP contribution in [-0.2, 0) is 16.0 Å². The zero-order valence-corrected chi connectivity index (χ0v) is 24.2. The van der Waals surface area contributed by atoms with Crippen LogP contribution in [0.4, 0.5) is 0 Å². The molecular formula is C29H31N7O3S2. The van der Waals surface area contributed by atoms with Crippen LogP contribution in [0.3, 0.4) is 0 Å². The van der Waals surface area contributed by atoms with Gasteiger partial charge in [-0.2, -0.15) is 5.21 Å². The van der Waals surface area contributed by atoms with E-state index in [1.165, 1.54) is 11.8 Å². The molecule has 0 bridgehead atoms. The summed E-state index contributed by atoms with van der Waals surface area (Å²) in [6.45, 7) is 5.26. The Kier molecular flexibility index (Phi) is 8.71. The number of H-pyrrole nitrogens is 2. The second kappa shape index (κ2) is 12.9. The number of benzene rings is 2. The van der Waals surface area contributed by atoms with Gasteiger partial charge in [-0.15, -0.1) is 10.2 Å². The summed E-state index contributed by atoms with van der Waals surface area (Å²) in [4.78, 5) is 21.3. The van der Waals surface area contributed by atoms with E-state index in [-0.39, 0.29) is 5.91 Å². The molecule has 6 rings (SSSR count). The number of aryl methyl sites for hydroxylation is 1. The van der Waals surface area contributed by atoms with Crippen LogP contribution in [0.1, 0.15) is 24.2 Å². The Morgan fingerprint density at radius 3 is 2.78 bits per heavy atom. The van der Waals surface area contributed by atoms with Crippen LogP contribution in [-0.4, -0.2) is 91.6 Å². The number of fused-ring (bicyclic) bond motifs is 1. The predicted molar refractivity (Wildman–Crippen MR) is 163 cm³/mol. The molecule has 41 heavy (non-hydrogen) atoms. The molecule has 212 valence electrons. The number of amides is 1. The Bertz CT molecular complexity index is 1550. The number of hydrogen-bond acceptors (Lipinski definition) is 9. The molecule has 10 nitrogen and oxygen atoms in total. The molecule has 2 aromatic carbocycles. The van der Waals surface area contributed by atoms with Crippen molar-refractivity contribution in [3.63, 3.8) is 0 Å². The van der Waals surface area contributed by atoms with Gasteiger partial charge in [-0.3, -0.25) is 14.6 Å². The fourth-order valence-electron chi connectivity index (χ4n) is 4.99. The highest BCUT2D eigenvalue weighted by Gasteiger charge is 2.31. The molecule has 0 saturated carbocycles. The van der Waals surface area contributed by atoms with Crippen molar-refractivity contribution in [1.29, 1.82) is 0 Å². The van der Waals surface area contributed by atoms with E-state index in [1.807, 2.05) is 18.3 Å². The molecule has 0 atom stereocenters. The number of rotatable bonds is 11. The third-order valence-corrected chi connectivity index (χ3v) is 8.62. The molecule has 1 amide bonds. The van der Waals surface area contributed by atoms with E-state index in [2.05, 4.69) is 66.9 Å². The number of morpholine rings is 1. The van der Waals surface area contributed by atoms with Gasteiger partial charge in [0, 0.05) is 49.9 Å². The lowest BCUT2D eigenvalue weighted by Crippen LogP contribution is -2.38. The molecule has 0 radical (unpaired) electrons.